The first-order valence-electron chi connectivity index (χ1n) is 7.22. The maximum absolute atomic E-state index is 11.7. The van der Waals surface area contributed by atoms with Crippen molar-refractivity contribution < 1.29 is 28.6 Å². The molecule has 1 aliphatic rings. The molecule has 0 aromatic carbocycles. The van der Waals surface area contributed by atoms with Crippen molar-refractivity contribution in [2.75, 3.05) is 20.8 Å². The van der Waals surface area contributed by atoms with Gasteiger partial charge in [-0.25, -0.2) is 14.4 Å². The lowest BCUT2D eigenvalue weighted by molar-refractivity contribution is 0.134. The Labute approximate surface area is 143 Å². The van der Waals surface area contributed by atoms with Crippen LogP contribution in [0.5, 0.6) is 0 Å². The van der Waals surface area contributed by atoms with E-state index < -0.39 is 24.2 Å². The fraction of sp³-hybridized carbons (Fsp3) is 0.583. The van der Waals surface area contributed by atoms with E-state index in [-0.39, 0.29) is 18.5 Å². The number of rotatable bonds is 5. The molecule has 0 aromatic heterocycles. The molecule has 0 unspecified atom stereocenters. The number of hydrogen-bond donors (Lipinski definition) is 5. The summed E-state index contributed by atoms with van der Waals surface area (Å²) in [5, 5.41) is 9.08. The quantitative estimate of drug-likeness (QED) is 0.238. The Hall–Kier alpha value is -3.25. The molecule has 0 fully saturated rings. The van der Waals surface area contributed by atoms with Crippen LogP contribution in [0.1, 0.15) is 19.8 Å². The van der Waals surface area contributed by atoms with Gasteiger partial charge in [0.2, 0.25) is 11.9 Å². The third-order valence-electron chi connectivity index (χ3n) is 2.68. The van der Waals surface area contributed by atoms with Crippen LogP contribution in [0, 0.1) is 0 Å². The number of aliphatic imine (C=N–C) groups is 2. The van der Waals surface area contributed by atoms with Crippen molar-refractivity contribution in [3.05, 3.63) is 0 Å². The molecule has 0 saturated carbocycles. The summed E-state index contributed by atoms with van der Waals surface area (Å²) >= 11 is 0. The van der Waals surface area contributed by atoms with Gasteiger partial charge in [0.15, 0.2) is 0 Å². The Bertz CT molecular complexity index is 558. The number of methoxy groups -OCH3 is 2. The lowest BCUT2D eigenvalue weighted by Crippen LogP contribution is -2.64. The van der Waals surface area contributed by atoms with Gasteiger partial charge in [-0.2, -0.15) is 9.98 Å². The zero-order chi connectivity index (χ0) is 18.9. The van der Waals surface area contributed by atoms with Gasteiger partial charge < -0.3 is 19.9 Å². The average Bonchev–Trinajstić information content (AvgIpc) is 2.53. The first-order chi connectivity index (χ1) is 11.8. The van der Waals surface area contributed by atoms with E-state index in [1.165, 1.54) is 0 Å². The lowest BCUT2D eigenvalue weighted by atomic mass is 10.4. The first kappa shape index (κ1) is 19.8. The Balaban J connectivity index is 2.97. The molecular weight excluding hydrogens is 338 g/mol. The van der Waals surface area contributed by atoms with Crippen LogP contribution in [0.15, 0.2) is 9.98 Å². The highest BCUT2D eigenvalue weighted by atomic mass is 16.6. The van der Waals surface area contributed by atoms with Gasteiger partial charge in [0.25, 0.3) is 0 Å². The summed E-state index contributed by atoms with van der Waals surface area (Å²) in [4.78, 5) is 42.5. The van der Waals surface area contributed by atoms with Crippen molar-refractivity contribution in [3.63, 3.8) is 0 Å². The monoisotopic (exact) mass is 359 g/mol. The van der Waals surface area contributed by atoms with Gasteiger partial charge in [-0.3, -0.25) is 21.3 Å². The fourth-order valence-electron chi connectivity index (χ4n) is 1.57. The van der Waals surface area contributed by atoms with E-state index in [0.29, 0.717) is 6.42 Å². The second kappa shape index (κ2) is 9.14. The topological polar surface area (TPSA) is 178 Å². The van der Waals surface area contributed by atoms with Crippen molar-refractivity contribution in [2.45, 2.75) is 25.7 Å². The maximum Gasteiger partial charge on any atom is 0.413 e. The largest absolute Gasteiger partial charge is 0.453 e. The molecule has 140 valence electrons. The molecular formula is C12H21N7O6. The number of hydrogen-bond acceptors (Lipinski definition) is 10. The number of nitrogens with two attached hydrogens (primary N) is 1. The SMILES string of the molecule is CCCCOC(=O)NC1=NC(NC(=O)OC)(NC(=O)OC)N=C(N)N1. The van der Waals surface area contributed by atoms with Gasteiger partial charge in [-0.05, 0) is 6.42 Å². The molecule has 0 saturated heterocycles. The summed E-state index contributed by atoms with van der Waals surface area (Å²) < 4.78 is 13.8. The van der Waals surface area contributed by atoms with Crippen LogP contribution in [0.4, 0.5) is 14.4 Å². The van der Waals surface area contributed by atoms with Gasteiger partial charge >= 0.3 is 24.2 Å². The summed E-state index contributed by atoms with van der Waals surface area (Å²) in [6, 6.07) is 0. The second-order valence-corrected chi connectivity index (χ2v) is 4.60. The number of guanidine groups is 2. The minimum absolute atomic E-state index is 0.213. The Morgan fingerprint density at radius 3 is 2.24 bits per heavy atom. The molecule has 3 amide bonds. The average molecular weight is 359 g/mol. The third kappa shape index (κ3) is 6.40. The van der Waals surface area contributed by atoms with E-state index in [2.05, 4.69) is 40.7 Å². The smallest absolute Gasteiger partial charge is 0.413 e. The van der Waals surface area contributed by atoms with E-state index in [1.54, 1.807) is 0 Å². The number of nitrogens with one attached hydrogen (secondary N) is 4. The standard InChI is InChI=1S/C12H21N7O6/c1-4-5-6-25-9(20)15-8-14-7(13)16-12(17-8,18-10(21)23-2)19-11(22)24-3/h4-6H2,1-3H3,(H,18,21)(H,19,22)(H4,13,14,15,16,17,20). The van der Waals surface area contributed by atoms with Crippen LogP contribution in [0.2, 0.25) is 0 Å². The predicted octanol–water partition coefficient (Wildman–Crippen LogP) is -0.890. The van der Waals surface area contributed by atoms with E-state index in [1.807, 2.05) is 6.92 Å². The summed E-state index contributed by atoms with van der Waals surface area (Å²) in [5.74, 6) is -2.56. The molecule has 13 nitrogen and oxygen atoms in total. The van der Waals surface area contributed by atoms with Crippen molar-refractivity contribution in [2.24, 2.45) is 15.7 Å². The minimum atomic E-state index is -2.08. The van der Waals surface area contributed by atoms with Gasteiger partial charge in [0.05, 0.1) is 20.8 Å². The molecule has 1 rings (SSSR count). The van der Waals surface area contributed by atoms with Crippen LogP contribution >= 0.6 is 0 Å². The molecule has 6 N–H and O–H groups in total. The number of alkyl carbamates (subject to hydrolysis) is 3. The molecule has 0 atom stereocenters. The van der Waals surface area contributed by atoms with Crippen LogP contribution in [0.25, 0.3) is 0 Å². The van der Waals surface area contributed by atoms with E-state index in [4.69, 9.17) is 10.5 Å². The van der Waals surface area contributed by atoms with Crippen molar-refractivity contribution in [3.8, 4) is 0 Å². The third-order valence-corrected chi connectivity index (χ3v) is 2.68. The number of carbonyl (C=O) groups is 3. The van der Waals surface area contributed by atoms with Gasteiger partial charge in [0.1, 0.15) is 0 Å². The lowest BCUT2D eigenvalue weighted by Gasteiger charge is -2.30. The molecule has 0 aliphatic carbocycles. The summed E-state index contributed by atoms with van der Waals surface area (Å²) in [7, 11) is 2.20. The Morgan fingerprint density at radius 2 is 1.72 bits per heavy atom. The Kier molecular flexibility index (Phi) is 7.24. The highest BCUT2D eigenvalue weighted by Crippen LogP contribution is 2.09. The van der Waals surface area contributed by atoms with Crippen LogP contribution < -0.4 is 27.0 Å². The van der Waals surface area contributed by atoms with Crippen molar-refractivity contribution >= 4 is 30.2 Å². The molecule has 0 aromatic rings. The second-order valence-electron chi connectivity index (χ2n) is 4.60. The number of nitrogens with zero attached hydrogens (tertiary/aromatic N) is 2. The van der Waals surface area contributed by atoms with Crippen molar-refractivity contribution in [1.29, 1.82) is 0 Å². The van der Waals surface area contributed by atoms with Crippen LogP contribution in [0.3, 0.4) is 0 Å². The predicted molar refractivity (Wildman–Crippen MR) is 85.4 cm³/mol. The maximum atomic E-state index is 11.7. The molecule has 25 heavy (non-hydrogen) atoms. The zero-order valence-corrected chi connectivity index (χ0v) is 14.0. The summed E-state index contributed by atoms with van der Waals surface area (Å²) in [5.41, 5.74) is 5.61. The van der Waals surface area contributed by atoms with E-state index in [9.17, 15) is 14.4 Å². The zero-order valence-electron chi connectivity index (χ0n) is 14.0. The summed E-state index contributed by atoms with van der Waals surface area (Å²) in [6.07, 6.45) is -1.21. The molecule has 0 bridgehead atoms. The molecule has 0 radical (unpaired) electrons. The Morgan fingerprint density at radius 1 is 1.12 bits per heavy atom. The van der Waals surface area contributed by atoms with E-state index in [0.717, 1.165) is 20.6 Å². The minimum Gasteiger partial charge on any atom is -0.453 e. The molecule has 1 heterocycles. The fourth-order valence-corrected chi connectivity index (χ4v) is 1.57. The van der Waals surface area contributed by atoms with Crippen molar-refractivity contribution in [1.82, 2.24) is 21.3 Å². The summed E-state index contributed by atoms with van der Waals surface area (Å²) in [6.45, 7) is 2.15. The highest BCUT2D eigenvalue weighted by Gasteiger charge is 2.38. The number of ether oxygens (including phenoxy) is 3. The highest BCUT2D eigenvalue weighted by molar-refractivity contribution is 6.05. The number of carbonyl (C=O) groups excluding carboxylic acids is 3. The van der Waals surface area contributed by atoms with E-state index >= 15 is 0 Å². The van der Waals surface area contributed by atoms with Gasteiger partial charge in [0, 0.05) is 0 Å². The van der Waals surface area contributed by atoms with Crippen LogP contribution in [-0.2, 0) is 14.2 Å². The molecule has 1 aliphatic heterocycles. The first-order valence-corrected chi connectivity index (χ1v) is 7.22. The number of amides is 3. The molecule has 13 heteroatoms. The van der Waals surface area contributed by atoms with Gasteiger partial charge in [-0.15, -0.1) is 0 Å². The van der Waals surface area contributed by atoms with Crippen LogP contribution in [-0.4, -0.2) is 56.9 Å². The number of unbranched alkanes of at least 4 members (excludes halogenated alkanes) is 1. The van der Waals surface area contributed by atoms with Gasteiger partial charge in [-0.1, -0.05) is 13.3 Å². The normalized spacial score (nSPS) is 14.8. The molecule has 0 spiro atoms.